The molecule has 0 saturated carbocycles. The third-order valence-corrected chi connectivity index (χ3v) is 4.02. The standard InChI is InChI=1S/C12H8ClFN2O4S/c13-7-1-4-11(15-6-7)16-21(19,20)8-2-3-10(14)9(5-8)12(17)18/h1-6H,(H,15,16)(H,17,18). The summed E-state index contributed by atoms with van der Waals surface area (Å²) < 4.78 is 39.5. The summed E-state index contributed by atoms with van der Waals surface area (Å²) in [5.74, 6) is -2.58. The van der Waals surface area contributed by atoms with Gasteiger partial charge in [-0.05, 0) is 30.3 Å². The van der Waals surface area contributed by atoms with Crippen LogP contribution in [0.15, 0.2) is 41.4 Å². The minimum Gasteiger partial charge on any atom is -0.478 e. The van der Waals surface area contributed by atoms with Gasteiger partial charge in [0.25, 0.3) is 10.0 Å². The van der Waals surface area contributed by atoms with Gasteiger partial charge in [0.15, 0.2) is 0 Å². The Morgan fingerprint density at radius 3 is 2.57 bits per heavy atom. The third kappa shape index (κ3) is 3.47. The minimum atomic E-state index is -4.08. The number of carbonyl (C=O) groups is 1. The molecule has 0 spiro atoms. The highest BCUT2D eigenvalue weighted by molar-refractivity contribution is 7.92. The molecule has 0 aliphatic rings. The number of sulfonamides is 1. The van der Waals surface area contributed by atoms with E-state index in [-0.39, 0.29) is 5.82 Å². The van der Waals surface area contributed by atoms with Gasteiger partial charge < -0.3 is 5.11 Å². The van der Waals surface area contributed by atoms with Gasteiger partial charge in [-0.25, -0.2) is 22.6 Å². The lowest BCUT2D eigenvalue weighted by molar-refractivity contribution is 0.0691. The van der Waals surface area contributed by atoms with E-state index in [1.54, 1.807) is 0 Å². The lowest BCUT2D eigenvalue weighted by atomic mass is 10.2. The predicted octanol–water partition coefficient (Wildman–Crippen LogP) is 2.37. The van der Waals surface area contributed by atoms with E-state index in [0.29, 0.717) is 5.02 Å². The smallest absolute Gasteiger partial charge is 0.338 e. The van der Waals surface area contributed by atoms with Crippen LogP contribution in [-0.4, -0.2) is 24.5 Å². The molecule has 1 heterocycles. The molecule has 2 rings (SSSR count). The molecule has 0 fully saturated rings. The Bertz CT molecular complexity index is 793. The average Bonchev–Trinajstić information content (AvgIpc) is 2.41. The molecule has 1 aromatic heterocycles. The van der Waals surface area contributed by atoms with Crippen LogP contribution in [0, 0.1) is 5.82 Å². The number of nitrogens with zero attached hydrogens (tertiary/aromatic N) is 1. The first-order valence-corrected chi connectivity index (χ1v) is 7.33. The van der Waals surface area contributed by atoms with E-state index in [1.165, 1.54) is 18.3 Å². The zero-order chi connectivity index (χ0) is 15.6. The number of benzene rings is 1. The number of hydrogen-bond donors (Lipinski definition) is 2. The fourth-order valence-corrected chi connectivity index (χ4v) is 2.61. The van der Waals surface area contributed by atoms with Gasteiger partial charge in [0.2, 0.25) is 0 Å². The van der Waals surface area contributed by atoms with Crippen LogP contribution >= 0.6 is 11.6 Å². The number of carboxylic acids is 1. The maximum absolute atomic E-state index is 13.3. The highest BCUT2D eigenvalue weighted by atomic mass is 35.5. The molecule has 21 heavy (non-hydrogen) atoms. The molecule has 2 aromatic rings. The van der Waals surface area contributed by atoms with Crippen molar-refractivity contribution in [2.45, 2.75) is 4.90 Å². The summed E-state index contributed by atoms with van der Waals surface area (Å²) in [5.41, 5.74) is -0.734. The fourth-order valence-electron chi connectivity index (χ4n) is 1.47. The number of aromatic carboxylic acids is 1. The summed E-state index contributed by atoms with van der Waals surface area (Å²) in [6, 6.07) is 5.23. The van der Waals surface area contributed by atoms with Crippen LogP contribution in [-0.2, 0) is 10.0 Å². The predicted molar refractivity (Wildman–Crippen MR) is 73.4 cm³/mol. The monoisotopic (exact) mass is 330 g/mol. The van der Waals surface area contributed by atoms with Crippen molar-refractivity contribution in [1.82, 2.24) is 4.98 Å². The van der Waals surface area contributed by atoms with Crippen LogP contribution in [0.5, 0.6) is 0 Å². The molecule has 6 nitrogen and oxygen atoms in total. The van der Waals surface area contributed by atoms with Crippen molar-refractivity contribution in [2.24, 2.45) is 0 Å². The summed E-state index contributed by atoms with van der Waals surface area (Å²) in [6.07, 6.45) is 1.24. The largest absolute Gasteiger partial charge is 0.478 e. The van der Waals surface area contributed by atoms with Gasteiger partial charge >= 0.3 is 5.97 Å². The van der Waals surface area contributed by atoms with Crippen LogP contribution in [0.3, 0.4) is 0 Å². The molecule has 0 unspecified atom stereocenters. The molecule has 0 aliphatic heterocycles. The first kappa shape index (κ1) is 15.2. The van der Waals surface area contributed by atoms with Gasteiger partial charge in [-0.2, -0.15) is 0 Å². The number of anilines is 1. The Hall–Kier alpha value is -2.19. The van der Waals surface area contributed by atoms with E-state index in [4.69, 9.17) is 16.7 Å². The van der Waals surface area contributed by atoms with Gasteiger partial charge in [0.05, 0.1) is 15.5 Å². The minimum absolute atomic E-state index is 0.000556. The van der Waals surface area contributed by atoms with Crippen LogP contribution in [0.25, 0.3) is 0 Å². The van der Waals surface area contributed by atoms with Crippen LogP contribution in [0.4, 0.5) is 10.2 Å². The van der Waals surface area contributed by atoms with Crippen molar-refractivity contribution in [1.29, 1.82) is 0 Å². The van der Waals surface area contributed by atoms with Gasteiger partial charge in [-0.3, -0.25) is 4.72 Å². The quantitative estimate of drug-likeness (QED) is 0.897. The topological polar surface area (TPSA) is 96.4 Å². The fraction of sp³-hybridized carbons (Fsp3) is 0. The maximum Gasteiger partial charge on any atom is 0.338 e. The normalized spacial score (nSPS) is 11.1. The van der Waals surface area contributed by atoms with Crippen LogP contribution in [0.2, 0.25) is 5.02 Å². The van der Waals surface area contributed by atoms with Crippen LogP contribution in [0.1, 0.15) is 10.4 Å². The van der Waals surface area contributed by atoms with E-state index in [9.17, 15) is 17.6 Å². The molecule has 0 radical (unpaired) electrons. The summed E-state index contributed by atoms with van der Waals surface area (Å²) >= 11 is 5.63. The van der Waals surface area contributed by atoms with Crippen molar-refractivity contribution in [3.8, 4) is 0 Å². The first-order chi connectivity index (χ1) is 9.79. The number of pyridine rings is 1. The van der Waals surface area contributed by atoms with Gasteiger partial charge in [0, 0.05) is 6.20 Å². The van der Waals surface area contributed by atoms with E-state index < -0.39 is 32.3 Å². The van der Waals surface area contributed by atoms with E-state index >= 15 is 0 Å². The third-order valence-electron chi connectivity index (χ3n) is 2.44. The zero-order valence-corrected chi connectivity index (χ0v) is 11.8. The molecule has 0 aliphatic carbocycles. The van der Waals surface area contributed by atoms with E-state index in [1.807, 2.05) is 0 Å². The Labute approximate surface area is 124 Å². The number of nitrogens with one attached hydrogen (secondary N) is 1. The lowest BCUT2D eigenvalue weighted by Gasteiger charge is -2.08. The Balaban J connectivity index is 2.38. The highest BCUT2D eigenvalue weighted by Crippen LogP contribution is 2.19. The molecule has 110 valence electrons. The van der Waals surface area contributed by atoms with Gasteiger partial charge in [0.1, 0.15) is 11.6 Å². The highest BCUT2D eigenvalue weighted by Gasteiger charge is 2.19. The molecule has 0 amide bonds. The van der Waals surface area contributed by atoms with E-state index in [0.717, 1.165) is 18.2 Å². The van der Waals surface area contributed by atoms with E-state index in [2.05, 4.69) is 9.71 Å². The van der Waals surface area contributed by atoms with Crippen molar-refractivity contribution >= 4 is 33.4 Å². The second-order valence-corrected chi connectivity index (χ2v) is 6.03. The molecule has 1 aromatic carbocycles. The Morgan fingerprint density at radius 2 is 2.00 bits per heavy atom. The molecule has 9 heteroatoms. The van der Waals surface area contributed by atoms with Crippen LogP contribution < -0.4 is 4.72 Å². The number of halogens is 2. The SMILES string of the molecule is O=C(O)c1cc(S(=O)(=O)Nc2ccc(Cl)cn2)ccc1F. The Morgan fingerprint density at radius 1 is 1.29 bits per heavy atom. The molecular weight excluding hydrogens is 323 g/mol. The molecule has 0 bridgehead atoms. The maximum atomic E-state index is 13.3. The average molecular weight is 331 g/mol. The molecule has 2 N–H and O–H groups in total. The summed E-state index contributed by atoms with van der Waals surface area (Å²) in [7, 11) is -4.08. The number of aromatic nitrogens is 1. The number of rotatable bonds is 4. The first-order valence-electron chi connectivity index (χ1n) is 5.47. The second-order valence-electron chi connectivity index (χ2n) is 3.91. The van der Waals surface area contributed by atoms with Gasteiger partial charge in [-0.15, -0.1) is 0 Å². The van der Waals surface area contributed by atoms with Crippen molar-refractivity contribution in [3.63, 3.8) is 0 Å². The number of hydrogen-bond acceptors (Lipinski definition) is 4. The van der Waals surface area contributed by atoms with Crippen molar-refractivity contribution < 1.29 is 22.7 Å². The van der Waals surface area contributed by atoms with Crippen molar-refractivity contribution in [2.75, 3.05) is 4.72 Å². The summed E-state index contributed by atoms with van der Waals surface area (Å²) in [6.45, 7) is 0. The van der Waals surface area contributed by atoms with Gasteiger partial charge in [-0.1, -0.05) is 11.6 Å². The zero-order valence-electron chi connectivity index (χ0n) is 10.2. The second kappa shape index (κ2) is 5.66. The Kier molecular flexibility index (Phi) is 4.10. The molecule has 0 saturated heterocycles. The summed E-state index contributed by atoms with van der Waals surface area (Å²) in [4.78, 5) is 14.2. The number of carboxylic acid groups (broad SMARTS) is 1. The molecule has 0 atom stereocenters. The summed E-state index contributed by atoms with van der Waals surface area (Å²) in [5, 5.41) is 9.12. The molecular formula is C12H8ClFN2O4S. The van der Waals surface area contributed by atoms with Crippen molar-refractivity contribution in [3.05, 3.63) is 52.9 Å². The lowest BCUT2D eigenvalue weighted by Crippen LogP contribution is -2.15.